The molecule has 0 radical (unpaired) electrons. The van der Waals surface area contributed by atoms with E-state index in [-0.39, 0.29) is 10.8 Å². The van der Waals surface area contributed by atoms with Crippen LogP contribution in [0.4, 0.5) is 10.1 Å². The van der Waals surface area contributed by atoms with Gasteiger partial charge in [0.15, 0.2) is 5.01 Å². The molecule has 24 heavy (non-hydrogen) atoms. The summed E-state index contributed by atoms with van der Waals surface area (Å²) in [4.78, 5) is 16.1. The number of rotatable bonds is 4. The van der Waals surface area contributed by atoms with Crippen LogP contribution in [0.5, 0.6) is 0 Å². The fourth-order valence-electron chi connectivity index (χ4n) is 1.80. The lowest BCUT2D eigenvalue weighted by atomic mass is 10.2. The first kappa shape index (κ1) is 16.2. The number of carbonyl (C=O) groups is 1. The highest BCUT2D eigenvalue weighted by Crippen LogP contribution is 2.25. The molecule has 0 aliphatic heterocycles. The van der Waals surface area contributed by atoms with Crippen LogP contribution in [0.1, 0.15) is 20.4 Å². The largest absolute Gasteiger partial charge is 0.320 e. The van der Waals surface area contributed by atoms with Crippen LogP contribution in [0, 0.1) is 5.82 Å². The van der Waals surface area contributed by atoms with E-state index in [1.807, 2.05) is 6.07 Å². The van der Waals surface area contributed by atoms with Crippen LogP contribution in [-0.2, 0) is 0 Å². The second kappa shape index (κ2) is 7.29. The molecule has 0 unspecified atom stereocenters. The Labute approximate surface area is 145 Å². The summed E-state index contributed by atoms with van der Waals surface area (Å²) in [5, 5.41) is 11.3. The van der Waals surface area contributed by atoms with Gasteiger partial charge in [0.25, 0.3) is 5.91 Å². The molecule has 0 aliphatic carbocycles. The number of pyridine rings is 1. The van der Waals surface area contributed by atoms with Crippen molar-refractivity contribution < 1.29 is 9.18 Å². The van der Waals surface area contributed by atoms with Gasteiger partial charge in [0.05, 0.1) is 5.03 Å². The molecule has 0 saturated heterocycles. The Balaban J connectivity index is 1.74. The topological polar surface area (TPSA) is 67.8 Å². The smallest absolute Gasteiger partial charge is 0.286 e. The Bertz CT molecular complexity index is 881. The Kier molecular flexibility index (Phi) is 4.93. The van der Waals surface area contributed by atoms with Crippen molar-refractivity contribution in [3.8, 4) is 0 Å². The Morgan fingerprint density at radius 3 is 2.62 bits per heavy atom. The summed E-state index contributed by atoms with van der Waals surface area (Å²) >= 11 is 7.27. The first-order chi connectivity index (χ1) is 11.6. The summed E-state index contributed by atoms with van der Waals surface area (Å²) in [6.07, 6.45) is 5.01. The number of nitrogens with zero attached hydrogens (tertiary/aromatic N) is 3. The van der Waals surface area contributed by atoms with Gasteiger partial charge in [-0.05, 0) is 42.0 Å². The van der Waals surface area contributed by atoms with E-state index in [4.69, 9.17) is 11.6 Å². The number of benzene rings is 1. The molecule has 0 saturated carbocycles. The lowest BCUT2D eigenvalue weighted by Gasteiger charge is -2.01. The van der Waals surface area contributed by atoms with Crippen LogP contribution in [-0.4, -0.2) is 21.1 Å². The summed E-state index contributed by atoms with van der Waals surface area (Å²) in [5.74, 6) is -0.810. The first-order valence-corrected chi connectivity index (χ1v) is 7.99. The molecule has 1 amide bonds. The molecular weight excluding hydrogens is 351 g/mol. The Morgan fingerprint density at radius 2 is 1.92 bits per heavy atom. The van der Waals surface area contributed by atoms with Crippen molar-refractivity contribution in [2.45, 2.75) is 0 Å². The first-order valence-electron chi connectivity index (χ1n) is 6.80. The maximum absolute atomic E-state index is 12.9. The molecule has 5 nitrogen and oxygen atoms in total. The van der Waals surface area contributed by atoms with E-state index in [9.17, 15) is 9.18 Å². The van der Waals surface area contributed by atoms with Gasteiger partial charge >= 0.3 is 0 Å². The Morgan fingerprint density at radius 1 is 1.17 bits per heavy atom. The van der Waals surface area contributed by atoms with Gasteiger partial charge in [0.1, 0.15) is 5.82 Å². The molecule has 0 spiro atoms. The van der Waals surface area contributed by atoms with E-state index in [1.54, 1.807) is 24.5 Å². The molecule has 120 valence electrons. The van der Waals surface area contributed by atoms with Gasteiger partial charge in [0, 0.05) is 18.1 Å². The number of nitrogens with one attached hydrogen (secondary N) is 1. The summed E-state index contributed by atoms with van der Waals surface area (Å²) < 4.78 is 12.9. The van der Waals surface area contributed by atoms with Crippen molar-refractivity contribution >= 4 is 45.6 Å². The van der Waals surface area contributed by atoms with Crippen LogP contribution in [0.15, 0.2) is 48.8 Å². The Hall–Kier alpha value is -2.64. The average Bonchev–Trinajstić information content (AvgIpc) is 3.08. The zero-order valence-electron chi connectivity index (χ0n) is 12.1. The number of hydrogen-bond acceptors (Lipinski definition) is 5. The van der Waals surface area contributed by atoms with Crippen molar-refractivity contribution in [3.05, 3.63) is 70.2 Å². The third-order valence-corrected chi connectivity index (χ3v) is 4.26. The highest BCUT2D eigenvalue weighted by atomic mass is 35.5. The molecule has 0 fully saturated rings. The lowest BCUT2D eigenvalue weighted by molar-refractivity contribution is 0.102. The molecule has 0 aliphatic rings. The average molecular weight is 361 g/mol. The van der Waals surface area contributed by atoms with E-state index < -0.39 is 5.91 Å². The molecule has 2 aromatic heterocycles. The van der Waals surface area contributed by atoms with Crippen molar-refractivity contribution in [2.75, 3.05) is 5.32 Å². The zero-order valence-corrected chi connectivity index (χ0v) is 13.7. The summed E-state index contributed by atoms with van der Waals surface area (Å²) in [5.41, 5.74) is 1.28. The van der Waals surface area contributed by atoms with E-state index >= 15 is 0 Å². The van der Waals surface area contributed by atoms with E-state index in [2.05, 4.69) is 20.5 Å². The van der Waals surface area contributed by atoms with Gasteiger partial charge in [-0.25, -0.2) is 4.39 Å². The SMILES string of the molecule is O=C(Nc1ccc(F)cc1)c1nnc(/C(Cl)=C\c2cccnc2)s1. The molecule has 8 heteroatoms. The van der Waals surface area contributed by atoms with E-state index in [1.165, 1.54) is 24.3 Å². The maximum Gasteiger partial charge on any atom is 0.286 e. The van der Waals surface area contributed by atoms with Gasteiger partial charge in [0.2, 0.25) is 5.01 Å². The number of amides is 1. The fraction of sp³-hybridized carbons (Fsp3) is 0. The number of hydrogen-bond donors (Lipinski definition) is 1. The second-order valence-corrected chi connectivity index (χ2v) is 6.04. The van der Waals surface area contributed by atoms with Gasteiger partial charge in [-0.3, -0.25) is 9.78 Å². The second-order valence-electron chi connectivity index (χ2n) is 4.65. The van der Waals surface area contributed by atoms with Gasteiger partial charge in [-0.15, -0.1) is 10.2 Å². The van der Waals surface area contributed by atoms with Crippen molar-refractivity contribution in [3.63, 3.8) is 0 Å². The van der Waals surface area contributed by atoms with Crippen LogP contribution in [0.3, 0.4) is 0 Å². The molecule has 2 heterocycles. The van der Waals surface area contributed by atoms with E-state index in [0.29, 0.717) is 15.7 Å². The maximum atomic E-state index is 12.9. The molecule has 3 aromatic rings. The molecule has 3 rings (SSSR count). The van der Waals surface area contributed by atoms with Crippen molar-refractivity contribution in [1.29, 1.82) is 0 Å². The van der Waals surface area contributed by atoms with Gasteiger partial charge < -0.3 is 5.32 Å². The monoisotopic (exact) mass is 360 g/mol. The highest BCUT2D eigenvalue weighted by Gasteiger charge is 2.14. The molecule has 1 N–H and O–H groups in total. The minimum atomic E-state index is -0.434. The van der Waals surface area contributed by atoms with Crippen molar-refractivity contribution in [2.24, 2.45) is 0 Å². The third-order valence-electron chi connectivity index (χ3n) is 2.90. The molecule has 1 aromatic carbocycles. The zero-order chi connectivity index (χ0) is 16.9. The van der Waals surface area contributed by atoms with Crippen LogP contribution < -0.4 is 5.32 Å². The normalized spacial score (nSPS) is 11.3. The third kappa shape index (κ3) is 4.01. The molecule has 0 bridgehead atoms. The summed E-state index contributed by atoms with van der Waals surface area (Å²) in [6.45, 7) is 0. The number of halogens is 2. The highest BCUT2D eigenvalue weighted by molar-refractivity contribution is 7.15. The standard InChI is InChI=1S/C16H10ClFN4OS/c17-13(8-10-2-1-7-19-9-10)15-21-22-16(24-15)14(23)20-12-5-3-11(18)4-6-12/h1-9H,(H,20,23)/b13-8+. The molecule has 0 atom stereocenters. The minimum absolute atomic E-state index is 0.159. The van der Waals surface area contributed by atoms with E-state index in [0.717, 1.165) is 16.9 Å². The number of anilines is 1. The predicted octanol–water partition coefficient (Wildman–Crippen LogP) is 4.06. The predicted molar refractivity (Wildman–Crippen MR) is 92.2 cm³/mol. The number of aromatic nitrogens is 3. The minimum Gasteiger partial charge on any atom is -0.320 e. The lowest BCUT2D eigenvalue weighted by Crippen LogP contribution is -2.11. The van der Waals surface area contributed by atoms with Crippen LogP contribution in [0.2, 0.25) is 0 Å². The van der Waals surface area contributed by atoms with Crippen molar-refractivity contribution in [1.82, 2.24) is 15.2 Å². The summed E-state index contributed by atoms with van der Waals surface area (Å²) in [7, 11) is 0. The number of carbonyl (C=O) groups excluding carboxylic acids is 1. The van der Waals surface area contributed by atoms with Gasteiger partial charge in [-0.2, -0.15) is 0 Å². The van der Waals surface area contributed by atoms with Crippen LogP contribution in [0.25, 0.3) is 11.1 Å². The summed E-state index contributed by atoms with van der Waals surface area (Å²) in [6, 6.07) is 9.08. The quantitative estimate of drug-likeness (QED) is 0.761. The van der Waals surface area contributed by atoms with Gasteiger partial charge in [-0.1, -0.05) is 29.0 Å². The molecular formula is C16H10ClFN4OS. The fourth-order valence-corrected chi connectivity index (χ4v) is 2.72. The van der Waals surface area contributed by atoms with Crippen LogP contribution >= 0.6 is 22.9 Å².